The Kier molecular flexibility index (Phi) is 3.15. The van der Waals surface area contributed by atoms with Gasteiger partial charge in [-0.3, -0.25) is 0 Å². The van der Waals surface area contributed by atoms with Crippen LogP contribution in [-0.4, -0.2) is 0 Å². The highest BCUT2D eigenvalue weighted by Gasteiger charge is 2.05. The summed E-state index contributed by atoms with van der Waals surface area (Å²) in [5, 5.41) is 2.94. The van der Waals surface area contributed by atoms with Gasteiger partial charge in [0.25, 0.3) is 0 Å². The molecular weight excluding hydrogens is 280 g/mol. The predicted octanol–water partition coefficient (Wildman–Crippen LogP) is 5.01. The Hall–Kier alpha value is -0.0500. The molecule has 2 rings (SSSR count). The Morgan fingerprint density at radius 3 is 2.79 bits per heavy atom. The molecule has 0 amide bonds. The fourth-order valence-corrected chi connectivity index (χ4v) is 3.35. The average Bonchev–Trinajstić information content (AvgIpc) is 2.58. The van der Waals surface area contributed by atoms with Crippen LogP contribution in [0.1, 0.15) is 17.4 Å². The average molecular weight is 290 g/mol. The fourth-order valence-electron chi connectivity index (χ4n) is 1.43. The molecule has 1 aromatic carbocycles. The molecule has 0 aliphatic heterocycles. The highest BCUT2D eigenvalue weighted by Crippen LogP contribution is 2.31. The second-order valence-corrected chi connectivity index (χ2v) is 5.32. The highest BCUT2D eigenvalue weighted by molar-refractivity contribution is 9.08. The minimum absolute atomic E-state index is 0.821. The minimum atomic E-state index is 0.821. The molecular formula is C11H10BrClS. The van der Waals surface area contributed by atoms with E-state index in [1.807, 2.05) is 11.3 Å². The van der Waals surface area contributed by atoms with Crippen molar-refractivity contribution in [3.63, 3.8) is 0 Å². The molecule has 0 atom stereocenters. The van der Waals surface area contributed by atoms with Crippen molar-refractivity contribution in [1.82, 2.24) is 0 Å². The van der Waals surface area contributed by atoms with Gasteiger partial charge in [0.15, 0.2) is 0 Å². The molecule has 2 aromatic rings. The van der Waals surface area contributed by atoms with Gasteiger partial charge in [-0.25, -0.2) is 0 Å². The molecule has 0 spiro atoms. The third-order valence-electron chi connectivity index (χ3n) is 2.23. The van der Waals surface area contributed by atoms with Gasteiger partial charge in [0.05, 0.1) is 0 Å². The van der Waals surface area contributed by atoms with Gasteiger partial charge in [-0.05, 0) is 35.6 Å². The maximum atomic E-state index is 6.13. The molecule has 0 aliphatic rings. The zero-order valence-electron chi connectivity index (χ0n) is 7.81. The van der Waals surface area contributed by atoms with Crippen LogP contribution in [0.25, 0.3) is 10.1 Å². The summed E-state index contributed by atoms with van der Waals surface area (Å²) in [7, 11) is 0. The SMILES string of the molecule is CCc1cc2cc(Cl)c(CBr)cc2s1. The number of hydrogen-bond donors (Lipinski definition) is 0. The van der Waals surface area contributed by atoms with E-state index in [0.717, 1.165) is 16.8 Å². The van der Waals surface area contributed by atoms with Crippen LogP contribution in [0, 0.1) is 0 Å². The quantitative estimate of drug-likeness (QED) is 0.682. The van der Waals surface area contributed by atoms with Crippen molar-refractivity contribution in [2.75, 3.05) is 0 Å². The van der Waals surface area contributed by atoms with Crippen LogP contribution in [-0.2, 0) is 11.8 Å². The van der Waals surface area contributed by atoms with Crippen molar-refractivity contribution in [2.24, 2.45) is 0 Å². The van der Waals surface area contributed by atoms with E-state index in [1.165, 1.54) is 20.5 Å². The number of rotatable bonds is 2. The lowest BCUT2D eigenvalue weighted by molar-refractivity contribution is 1.19. The molecule has 0 nitrogen and oxygen atoms in total. The van der Waals surface area contributed by atoms with Crippen LogP contribution in [0.4, 0.5) is 0 Å². The molecule has 1 heterocycles. The summed E-state index contributed by atoms with van der Waals surface area (Å²) in [4.78, 5) is 1.42. The number of fused-ring (bicyclic) bond motifs is 1. The first kappa shape index (κ1) is 10.5. The number of halogens is 2. The molecule has 1 aromatic heterocycles. The smallest absolute Gasteiger partial charge is 0.0453 e. The fraction of sp³-hybridized carbons (Fsp3) is 0.273. The van der Waals surface area contributed by atoms with Crippen LogP contribution in [0.15, 0.2) is 18.2 Å². The third-order valence-corrected chi connectivity index (χ3v) is 4.43. The van der Waals surface area contributed by atoms with Crippen molar-refractivity contribution in [3.8, 4) is 0 Å². The lowest BCUT2D eigenvalue weighted by Gasteiger charge is -1.99. The van der Waals surface area contributed by atoms with E-state index >= 15 is 0 Å². The molecule has 14 heavy (non-hydrogen) atoms. The summed E-state index contributed by atoms with van der Waals surface area (Å²) in [6.07, 6.45) is 1.10. The summed E-state index contributed by atoms with van der Waals surface area (Å²) in [5.41, 5.74) is 1.17. The van der Waals surface area contributed by atoms with E-state index in [0.29, 0.717) is 0 Å². The third kappa shape index (κ3) is 1.83. The Balaban J connectivity index is 2.64. The van der Waals surface area contributed by atoms with Gasteiger partial charge in [-0.15, -0.1) is 11.3 Å². The molecule has 0 bridgehead atoms. The van der Waals surface area contributed by atoms with Gasteiger partial charge in [0.2, 0.25) is 0 Å². The Labute approximate surface area is 101 Å². The van der Waals surface area contributed by atoms with E-state index < -0.39 is 0 Å². The van der Waals surface area contributed by atoms with Crippen LogP contribution in [0.2, 0.25) is 5.02 Å². The van der Waals surface area contributed by atoms with E-state index in [4.69, 9.17) is 11.6 Å². The van der Waals surface area contributed by atoms with Crippen LogP contribution < -0.4 is 0 Å². The lowest BCUT2D eigenvalue weighted by atomic mass is 10.2. The zero-order chi connectivity index (χ0) is 10.1. The van der Waals surface area contributed by atoms with Gasteiger partial charge >= 0.3 is 0 Å². The maximum Gasteiger partial charge on any atom is 0.0453 e. The molecule has 0 N–H and O–H groups in total. The molecule has 3 heteroatoms. The maximum absolute atomic E-state index is 6.13. The monoisotopic (exact) mass is 288 g/mol. The van der Waals surface area contributed by atoms with E-state index in [9.17, 15) is 0 Å². The summed E-state index contributed by atoms with van der Waals surface area (Å²) in [6.45, 7) is 2.18. The first-order valence-electron chi connectivity index (χ1n) is 4.51. The van der Waals surface area contributed by atoms with E-state index in [2.05, 4.69) is 41.1 Å². The van der Waals surface area contributed by atoms with Gasteiger partial charge < -0.3 is 0 Å². The lowest BCUT2D eigenvalue weighted by Crippen LogP contribution is -1.77. The van der Waals surface area contributed by atoms with E-state index in [1.54, 1.807) is 0 Å². The number of benzene rings is 1. The molecule has 0 radical (unpaired) electrons. The van der Waals surface area contributed by atoms with Gasteiger partial charge in [0, 0.05) is 19.9 Å². The molecule has 0 fully saturated rings. The number of alkyl halides is 1. The molecule has 0 unspecified atom stereocenters. The molecule has 0 saturated carbocycles. The minimum Gasteiger partial charge on any atom is -0.140 e. The Morgan fingerprint density at radius 2 is 2.14 bits per heavy atom. The van der Waals surface area contributed by atoms with Gasteiger partial charge in [-0.2, -0.15) is 0 Å². The van der Waals surface area contributed by atoms with Crippen molar-refractivity contribution in [1.29, 1.82) is 0 Å². The molecule has 0 saturated heterocycles. The summed E-state index contributed by atoms with van der Waals surface area (Å²) >= 11 is 11.4. The van der Waals surface area contributed by atoms with Gasteiger partial charge in [0.1, 0.15) is 0 Å². The predicted molar refractivity (Wildman–Crippen MR) is 68.8 cm³/mol. The Bertz CT molecular complexity index is 462. The second-order valence-electron chi connectivity index (χ2n) is 3.18. The topological polar surface area (TPSA) is 0 Å². The van der Waals surface area contributed by atoms with Crippen molar-refractivity contribution in [3.05, 3.63) is 33.7 Å². The molecule has 0 aliphatic carbocycles. The largest absolute Gasteiger partial charge is 0.140 e. The number of aryl methyl sites for hydroxylation is 1. The first-order chi connectivity index (χ1) is 6.74. The van der Waals surface area contributed by atoms with Crippen LogP contribution >= 0.6 is 38.9 Å². The normalized spacial score (nSPS) is 11.1. The highest BCUT2D eigenvalue weighted by atomic mass is 79.9. The molecule has 74 valence electrons. The van der Waals surface area contributed by atoms with Crippen molar-refractivity contribution in [2.45, 2.75) is 18.7 Å². The summed E-state index contributed by atoms with van der Waals surface area (Å²) < 4.78 is 1.33. The van der Waals surface area contributed by atoms with Crippen molar-refractivity contribution < 1.29 is 0 Å². The van der Waals surface area contributed by atoms with Crippen LogP contribution in [0.5, 0.6) is 0 Å². The van der Waals surface area contributed by atoms with E-state index in [-0.39, 0.29) is 0 Å². The standard InChI is InChI=1S/C11H10BrClS/c1-2-9-3-7-4-10(13)8(6-12)5-11(7)14-9/h3-5H,2,6H2,1H3. The van der Waals surface area contributed by atoms with Crippen LogP contribution in [0.3, 0.4) is 0 Å². The van der Waals surface area contributed by atoms with Crippen molar-refractivity contribution >= 4 is 49.0 Å². The summed E-state index contributed by atoms with van der Waals surface area (Å²) in [6, 6.07) is 6.46. The summed E-state index contributed by atoms with van der Waals surface area (Å²) in [5.74, 6) is 0. The number of hydrogen-bond acceptors (Lipinski definition) is 1. The zero-order valence-corrected chi connectivity index (χ0v) is 11.0. The van der Waals surface area contributed by atoms with Gasteiger partial charge in [-0.1, -0.05) is 34.5 Å². The first-order valence-corrected chi connectivity index (χ1v) is 6.83. The number of thiophene rings is 1. The Morgan fingerprint density at radius 1 is 1.36 bits per heavy atom. The second kappa shape index (κ2) is 4.21.